The molecular weight excluding hydrogens is 294 g/mol. The summed E-state index contributed by atoms with van der Waals surface area (Å²) in [7, 11) is -1.09. The van der Waals surface area contributed by atoms with Gasteiger partial charge in [-0.1, -0.05) is 26.6 Å². The van der Waals surface area contributed by atoms with Crippen molar-refractivity contribution in [3.05, 3.63) is 33.5 Å². The molecule has 0 aliphatic rings. The molecule has 0 atom stereocenters. The molecule has 0 spiro atoms. The Morgan fingerprint density at radius 1 is 1.23 bits per heavy atom. The number of aryl methyl sites for hydroxylation is 2. The van der Waals surface area contributed by atoms with Crippen molar-refractivity contribution in [3.63, 3.8) is 0 Å². The van der Waals surface area contributed by atoms with Crippen LogP contribution in [-0.2, 0) is 17.9 Å². The number of hydrogen-bond acceptors (Lipinski definition) is 3. The van der Waals surface area contributed by atoms with Gasteiger partial charge in [0.15, 0.2) is 0 Å². The smallest absolute Gasteiger partial charge is 0.259 e. The second-order valence-electron chi connectivity index (χ2n) is 7.02. The Kier molecular flexibility index (Phi) is 4.92. The fourth-order valence-electron chi connectivity index (χ4n) is 2.39. The standard InChI is InChI=1S/C16H27N3O2Si/c1-7-14-10-15(20)19-13(3)12(2)18(16(19)17-14)11-21-8-9-22(4,5)6/h10H,7-9,11H2,1-6H3. The van der Waals surface area contributed by atoms with E-state index in [0.717, 1.165) is 36.2 Å². The first-order valence-corrected chi connectivity index (χ1v) is 11.6. The molecule has 0 unspecified atom stereocenters. The highest BCUT2D eigenvalue weighted by molar-refractivity contribution is 6.76. The molecule has 0 saturated carbocycles. The second kappa shape index (κ2) is 6.38. The van der Waals surface area contributed by atoms with Crippen LogP contribution < -0.4 is 5.56 Å². The molecule has 0 fully saturated rings. The zero-order valence-corrected chi connectivity index (χ0v) is 15.6. The van der Waals surface area contributed by atoms with Crippen LogP contribution >= 0.6 is 0 Å². The largest absolute Gasteiger partial charge is 0.361 e. The zero-order chi connectivity index (χ0) is 16.5. The minimum Gasteiger partial charge on any atom is -0.361 e. The van der Waals surface area contributed by atoms with Gasteiger partial charge in [0, 0.05) is 37.8 Å². The number of fused-ring (bicyclic) bond motifs is 1. The lowest BCUT2D eigenvalue weighted by molar-refractivity contribution is 0.0882. The molecule has 6 heteroatoms. The number of hydrogen-bond donors (Lipinski definition) is 0. The van der Waals surface area contributed by atoms with Gasteiger partial charge in [-0.3, -0.25) is 9.36 Å². The topological polar surface area (TPSA) is 48.5 Å². The third-order valence-electron chi connectivity index (χ3n) is 4.04. The van der Waals surface area contributed by atoms with E-state index in [9.17, 15) is 4.79 Å². The van der Waals surface area contributed by atoms with E-state index in [4.69, 9.17) is 4.74 Å². The van der Waals surface area contributed by atoms with E-state index in [1.54, 1.807) is 10.5 Å². The highest BCUT2D eigenvalue weighted by Gasteiger charge is 2.16. The molecule has 0 saturated heterocycles. The molecule has 0 aliphatic heterocycles. The van der Waals surface area contributed by atoms with Gasteiger partial charge in [0.2, 0.25) is 5.78 Å². The fraction of sp³-hybridized carbons (Fsp3) is 0.625. The van der Waals surface area contributed by atoms with Gasteiger partial charge in [-0.15, -0.1) is 0 Å². The number of aromatic nitrogens is 3. The summed E-state index contributed by atoms with van der Waals surface area (Å²) in [4.78, 5) is 16.9. The van der Waals surface area contributed by atoms with Gasteiger partial charge in [0.25, 0.3) is 5.56 Å². The van der Waals surface area contributed by atoms with E-state index < -0.39 is 8.07 Å². The number of nitrogens with zero attached hydrogens (tertiary/aromatic N) is 3. The molecule has 0 N–H and O–H groups in total. The van der Waals surface area contributed by atoms with Crippen molar-refractivity contribution >= 4 is 13.9 Å². The molecular formula is C16H27N3O2Si. The maximum Gasteiger partial charge on any atom is 0.259 e. The molecule has 2 rings (SSSR count). The average Bonchev–Trinajstić information content (AvgIpc) is 2.67. The first kappa shape index (κ1) is 17.0. The molecule has 5 nitrogen and oxygen atoms in total. The van der Waals surface area contributed by atoms with Crippen LogP contribution in [0, 0.1) is 13.8 Å². The predicted octanol–water partition coefficient (Wildman–Crippen LogP) is 2.99. The molecule has 0 bridgehead atoms. The van der Waals surface area contributed by atoms with E-state index in [1.807, 2.05) is 25.3 Å². The monoisotopic (exact) mass is 321 g/mol. The van der Waals surface area contributed by atoms with Crippen LogP contribution in [0.3, 0.4) is 0 Å². The third kappa shape index (κ3) is 3.49. The quantitative estimate of drug-likeness (QED) is 0.607. The molecule has 2 aromatic rings. The summed E-state index contributed by atoms with van der Waals surface area (Å²) < 4.78 is 9.53. The van der Waals surface area contributed by atoms with Crippen molar-refractivity contribution < 1.29 is 4.74 Å². The van der Waals surface area contributed by atoms with Gasteiger partial charge < -0.3 is 4.74 Å². The van der Waals surface area contributed by atoms with Crippen molar-refractivity contribution in [2.75, 3.05) is 6.61 Å². The van der Waals surface area contributed by atoms with Gasteiger partial charge in [0.05, 0.1) is 0 Å². The Hall–Kier alpha value is -1.40. The lowest BCUT2D eigenvalue weighted by Crippen LogP contribution is -2.22. The number of ether oxygens (including phenoxy) is 1. The maximum absolute atomic E-state index is 12.3. The summed E-state index contributed by atoms with van der Waals surface area (Å²) in [5.41, 5.74) is 2.78. The van der Waals surface area contributed by atoms with Gasteiger partial charge in [-0.25, -0.2) is 9.38 Å². The minimum atomic E-state index is -1.09. The van der Waals surface area contributed by atoms with Crippen molar-refractivity contribution in [3.8, 4) is 0 Å². The van der Waals surface area contributed by atoms with Gasteiger partial charge in [-0.05, 0) is 26.3 Å². The third-order valence-corrected chi connectivity index (χ3v) is 5.74. The molecule has 0 aromatic carbocycles. The van der Waals surface area contributed by atoms with Crippen molar-refractivity contribution in [2.45, 2.75) is 59.6 Å². The Labute approximate surface area is 133 Å². The SMILES string of the molecule is CCc1cc(=O)n2c(C)c(C)n(COCC[Si](C)(C)C)c2n1. The lowest BCUT2D eigenvalue weighted by Gasteiger charge is -2.16. The molecule has 0 amide bonds. The van der Waals surface area contributed by atoms with Gasteiger partial charge in [0.1, 0.15) is 6.73 Å². The van der Waals surface area contributed by atoms with Crippen LogP contribution in [0.1, 0.15) is 24.0 Å². The van der Waals surface area contributed by atoms with Crippen LogP contribution in [0.2, 0.25) is 25.7 Å². The maximum atomic E-state index is 12.3. The number of imidazole rings is 1. The first-order chi connectivity index (χ1) is 10.2. The Bertz CT molecular complexity index is 726. The van der Waals surface area contributed by atoms with Crippen molar-refractivity contribution in [1.29, 1.82) is 0 Å². The van der Waals surface area contributed by atoms with E-state index in [0.29, 0.717) is 12.5 Å². The molecule has 122 valence electrons. The summed E-state index contributed by atoms with van der Waals surface area (Å²) in [6, 6.07) is 2.76. The fourth-order valence-corrected chi connectivity index (χ4v) is 3.15. The average molecular weight is 321 g/mol. The van der Waals surface area contributed by atoms with Crippen LogP contribution in [0.5, 0.6) is 0 Å². The zero-order valence-electron chi connectivity index (χ0n) is 14.6. The summed E-state index contributed by atoms with van der Waals surface area (Å²) >= 11 is 0. The molecule has 0 aliphatic carbocycles. The summed E-state index contributed by atoms with van der Waals surface area (Å²) in [6.45, 7) is 14.2. The van der Waals surface area contributed by atoms with Crippen LogP contribution in [-0.4, -0.2) is 28.6 Å². The van der Waals surface area contributed by atoms with E-state index in [-0.39, 0.29) is 5.56 Å². The first-order valence-electron chi connectivity index (χ1n) is 7.90. The Morgan fingerprint density at radius 3 is 2.50 bits per heavy atom. The minimum absolute atomic E-state index is 0.0108. The summed E-state index contributed by atoms with van der Waals surface area (Å²) in [5, 5.41) is 0. The Balaban J connectivity index is 2.31. The van der Waals surface area contributed by atoms with E-state index in [2.05, 4.69) is 24.6 Å². The molecule has 2 heterocycles. The summed E-state index contributed by atoms with van der Waals surface area (Å²) in [6.07, 6.45) is 0.755. The van der Waals surface area contributed by atoms with Crippen LogP contribution in [0.15, 0.2) is 10.9 Å². The Morgan fingerprint density at radius 2 is 1.91 bits per heavy atom. The van der Waals surface area contributed by atoms with Gasteiger partial charge in [-0.2, -0.15) is 0 Å². The molecule has 22 heavy (non-hydrogen) atoms. The van der Waals surface area contributed by atoms with Gasteiger partial charge >= 0.3 is 0 Å². The van der Waals surface area contributed by atoms with Crippen molar-refractivity contribution in [1.82, 2.24) is 14.0 Å². The molecule has 0 radical (unpaired) electrons. The van der Waals surface area contributed by atoms with Crippen LogP contribution in [0.25, 0.3) is 5.78 Å². The summed E-state index contributed by atoms with van der Waals surface area (Å²) in [5.74, 6) is 0.687. The van der Waals surface area contributed by atoms with Crippen LogP contribution in [0.4, 0.5) is 0 Å². The van der Waals surface area contributed by atoms with E-state index in [1.165, 1.54) is 0 Å². The second-order valence-corrected chi connectivity index (χ2v) is 12.6. The molecule has 2 aromatic heterocycles. The highest BCUT2D eigenvalue weighted by Crippen LogP contribution is 2.14. The number of rotatable bonds is 6. The van der Waals surface area contributed by atoms with Crippen molar-refractivity contribution in [2.24, 2.45) is 0 Å². The lowest BCUT2D eigenvalue weighted by atomic mass is 10.3. The highest BCUT2D eigenvalue weighted by atomic mass is 28.3. The predicted molar refractivity (Wildman–Crippen MR) is 92.4 cm³/mol. The van der Waals surface area contributed by atoms with E-state index >= 15 is 0 Å². The normalized spacial score (nSPS) is 12.3.